The van der Waals surface area contributed by atoms with Crippen molar-refractivity contribution >= 4 is 61.5 Å². The number of rotatable bonds is 6. The zero-order valence-electron chi connectivity index (χ0n) is 33.0. The van der Waals surface area contributed by atoms with E-state index in [1.807, 2.05) is 13.0 Å². The molecule has 15 nitrogen and oxygen atoms in total. The number of sulfonamides is 1. The number of carbonyl (C=O) groups excluding carboxylic acids is 3. The van der Waals surface area contributed by atoms with E-state index in [9.17, 15) is 22.8 Å². The van der Waals surface area contributed by atoms with Crippen LogP contribution in [0.2, 0.25) is 0 Å². The maximum absolute atomic E-state index is 14.8. The number of aromatic nitrogens is 2. The van der Waals surface area contributed by atoms with E-state index >= 15 is 0 Å². The van der Waals surface area contributed by atoms with Gasteiger partial charge < -0.3 is 34.6 Å². The fourth-order valence-corrected chi connectivity index (χ4v) is 10.4. The van der Waals surface area contributed by atoms with Crippen molar-refractivity contribution in [2.45, 2.75) is 63.8 Å². The first-order valence-corrected chi connectivity index (χ1v) is 21.5. The zero-order valence-corrected chi connectivity index (χ0v) is 34.6. The average molecular weight is 820 g/mol. The van der Waals surface area contributed by atoms with E-state index < -0.39 is 10.0 Å². The summed E-state index contributed by atoms with van der Waals surface area (Å²) in [6, 6.07) is 8.55. The smallest absolute Gasteiger partial charge is 0.266 e. The number of aryl methyl sites for hydroxylation is 3. The average Bonchev–Trinajstić information content (AvgIpc) is 3.55. The number of amides is 3. The Labute approximate surface area is 336 Å². The summed E-state index contributed by atoms with van der Waals surface area (Å²) < 4.78 is 48.4. The molecule has 17 heteroatoms. The first-order valence-electron chi connectivity index (χ1n) is 19.2. The second kappa shape index (κ2) is 16.8. The molecule has 57 heavy (non-hydrogen) atoms. The van der Waals surface area contributed by atoms with Crippen molar-refractivity contribution in [1.82, 2.24) is 24.5 Å². The van der Waals surface area contributed by atoms with Crippen LogP contribution in [0.5, 0.6) is 17.2 Å². The Morgan fingerprint density at radius 3 is 2.40 bits per heavy atom. The molecule has 2 aromatic heterocycles. The number of thiazole rings is 1. The van der Waals surface area contributed by atoms with Crippen LogP contribution in [0, 0.1) is 19.8 Å². The molecule has 5 heterocycles. The molecule has 0 spiro atoms. The van der Waals surface area contributed by atoms with Crippen LogP contribution in [0.4, 0.5) is 11.5 Å². The highest BCUT2D eigenvalue weighted by Gasteiger charge is 2.32. The van der Waals surface area contributed by atoms with Gasteiger partial charge in [0.2, 0.25) is 27.6 Å². The van der Waals surface area contributed by atoms with E-state index in [0.717, 1.165) is 23.4 Å². The van der Waals surface area contributed by atoms with E-state index in [-0.39, 0.29) is 61.1 Å². The minimum atomic E-state index is -4.12. The molecule has 3 aliphatic heterocycles. The highest BCUT2D eigenvalue weighted by molar-refractivity contribution is 7.89. The lowest BCUT2D eigenvalue weighted by molar-refractivity contribution is -0.122. The van der Waals surface area contributed by atoms with Crippen molar-refractivity contribution in [1.29, 1.82) is 0 Å². The minimum Gasteiger partial charge on any atom is -0.493 e. The molecule has 7 rings (SSSR count). The van der Waals surface area contributed by atoms with E-state index in [0.29, 0.717) is 94.7 Å². The summed E-state index contributed by atoms with van der Waals surface area (Å²) in [7, 11) is 0.497. The predicted octanol–water partition coefficient (Wildman–Crippen LogP) is 4.68. The van der Waals surface area contributed by atoms with Crippen LogP contribution in [0.25, 0.3) is 10.9 Å². The number of nitrogens with one attached hydrogen (secondary N) is 2. The maximum Gasteiger partial charge on any atom is 0.266 e. The van der Waals surface area contributed by atoms with Crippen LogP contribution in [-0.4, -0.2) is 106 Å². The topological polar surface area (TPSA) is 173 Å². The Morgan fingerprint density at radius 2 is 1.67 bits per heavy atom. The van der Waals surface area contributed by atoms with Gasteiger partial charge in [0, 0.05) is 68.4 Å². The Morgan fingerprint density at radius 1 is 0.877 bits per heavy atom. The van der Waals surface area contributed by atoms with Crippen molar-refractivity contribution in [3.8, 4) is 17.2 Å². The minimum absolute atomic E-state index is 0.00812. The molecule has 2 N–H and O–H groups in total. The summed E-state index contributed by atoms with van der Waals surface area (Å²) in [6.07, 6.45) is 3.23. The Kier molecular flexibility index (Phi) is 11.9. The molecule has 1 fully saturated rings. The number of hydrogen-bond acceptors (Lipinski definition) is 12. The molecular weight excluding hydrogens is 771 g/mol. The number of carbonyl (C=O) groups is 3. The van der Waals surface area contributed by atoms with E-state index in [2.05, 4.69) is 20.5 Å². The van der Waals surface area contributed by atoms with Gasteiger partial charge in [0.25, 0.3) is 5.91 Å². The largest absolute Gasteiger partial charge is 0.493 e. The molecule has 304 valence electrons. The Hall–Kier alpha value is -5.00. The van der Waals surface area contributed by atoms with Crippen LogP contribution >= 0.6 is 11.3 Å². The first kappa shape index (κ1) is 40.2. The van der Waals surface area contributed by atoms with Crippen molar-refractivity contribution in [2.75, 3.05) is 70.8 Å². The number of nitrogens with zero attached hydrogens (tertiary/aromatic N) is 5. The molecular formula is C40H49N7O8S2. The highest BCUT2D eigenvalue weighted by atomic mass is 32.2. The molecule has 3 aliphatic rings. The molecule has 1 saturated heterocycles. The van der Waals surface area contributed by atoms with Gasteiger partial charge in [-0.25, -0.2) is 18.4 Å². The number of ether oxygens (including phenoxy) is 3. The van der Waals surface area contributed by atoms with Crippen molar-refractivity contribution in [2.24, 2.45) is 5.92 Å². The summed E-state index contributed by atoms with van der Waals surface area (Å²) >= 11 is 1.30. The van der Waals surface area contributed by atoms with E-state index in [4.69, 9.17) is 19.2 Å². The van der Waals surface area contributed by atoms with Crippen LogP contribution in [0.15, 0.2) is 35.2 Å². The van der Waals surface area contributed by atoms with E-state index in [1.165, 1.54) is 28.8 Å². The number of anilines is 2. The lowest BCUT2D eigenvalue weighted by Crippen LogP contribution is -2.45. The molecule has 2 aromatic carbocycles. The number of hydrogen-bond donors (Lipinski definition) is 2. The predicted molar refractivity (Wildman–Crippen MR) is 217 cm³/mol. The SMILES string of the molecule is COc1cc2nc3c(cc2c(OC)c1OC)CN(S(=O)(=O)c1ccc2c(c1)CCC(=O)N2)CCCCN(C(=O)c1sc(C)nc1C)CC(=O)NCC1CCCN3C1. The van der Waals surface area contributed by atoms with Gasteiger partial charge in [-0.05, 0) is 81.7 Å². The molecule has 2 bridgehead atoms. The Balaban J connectivity index is 1.32. The first-order chi connectivity index (χ1) is 27.4. The van der Waals surface area contributed by atoms with Gasteiger partial charge >= 0.3 is 0 Å². The van der Waals surface area contributed by atoms with Crippen molar-refractivity contribution < 1.29 is 37.0 Å². The van der Waals surface area contributed by atoms with Gasteiger partial charge in [-0.2, -0.15) is 4.31 Å². The Bertz CT molecular complexity index is 2310. The fraction of sp³-hybridized carbons (Fsp3) is 0.475. The highest BCUT2D eigenvalue weighted by Crippen LogP contribution is 2.44. The second-order valence-corrected chi connectivity index (χ2v) is 17.9. The van der Waals surface area contributed by atoms with Crippen molar-refractivity contribution in [3.63, 3.8) is 0 Å². The standard InChI is InChI=1S/C40H49N7O8S2/c1-24-38(56-25(2)42-24)40(50)46-14-6-7-16-47(57(51,52)29-11-12-31-27(17-29)10-13-34(48)43-31)22-28-18-30-32(19-33(53-3)37(55-5)36(30)54-4)44-39(28)45-15-8-9-26(21-45)20-41-35(49)23-46/h11-12,17-19,26H,6-10,13-16,20-23H2,1-5H3,(H,41,49)(H,43,48). The second-order valence-electron chi connectivity index (χ2n) is 14.7. The summed E-state index contributed by atoms with van der Waals surface area (Å²) in [6.45, 7) is 5.53. The molecule has 3 amide bonds. The quantitative estimate of drug-likeness (QED) is 0.277. The van der Waals surface area contributed by atoms with Gasteiger partial charge in [0.05, 0.1) is 49.0 Å². The maximum atomic E-state index is 14.8. The summed E-state index contributed by atoms with van der Waals surface area (Å²) in [5.41, 5.74) is 3.24. The summed E-state index contributed by atoms with van der Waals surface area (Å²) in [5.74, 6) is 1.34. The molecule has 1 unspecified atom stereocenters. The number of benzene rings is 2. The third kappa shape index (κ3) is 8.36. The van der Waals surface area contributed by atoms with Gasteiger partial charge in [0.1, 0.15) is 10.7 Å². The van der Waals surface area contributed by atoms with Gasteiger partial charge in [-0.15, -0.1) is 11.3 Å². The van der Waals surface area contributed by atoms with Crippen LogP contribution in [-0.2, 0) is 32.6 Å². The molecule has 0 aliphatic carbocycles. The molecule has 1 atom stereocenters. The lowest BCUT2D eigenvalue weighted by atomic mass is 9.97. The van der Waals surface area contributed by atoms with E-state index in [1.54, 1.807) is 44.2 Å². The van der Waals surface area contributed by atoms with Gasteiger partial charge in [-0.3, -0.25) is 14.4 Å². The number of piperidine rings is 1. The third-order valence-corrected chi connectivity index (χ3v) is 13.7. The van der Waals surface area contributed by atoms with Crippen LogP contribution < -0.4 is 29.7 Å². The monoisotopic (exact) mass is 819 g/mol. The van der Waals surface area contributed by atoms with Crippen LogP contribution in [0.1, 0.15) is 63.6 Å². The van der Waals surface area contributed by atoms with Crippen molar-refractivity contribution in [3.05, 3.63) is 57.0 Å². The molecule has 4 aromatic rings. The lowest BCUT2D eigenvalue weighted by Gasteiger charge is -2.36. The van der Waals surface area contributed by atoms with Gasteiger partial charge in [0.15, 0.2) is 11.5 Å². The zero-order chi connectivity index (χ0) is 40.4. The number of methoxy groups -OCH3 is 3. The normalized spacial score (nSPS) is 18.6. The summed E-state index contributed by atoms with van der Waals surface area (Å²) in [4.78, 5) is 53.4. The number of pyridine rings is 1. The third-order valence-electron chi connectivity index (χ3n) is 10.8. The number of fused-ring (bicyclic) bond motifs is 6. The molecule has 0 saturated carbocycles. The van der Waals surface area contributed by atoms with Gasteiger partial charge in [-0.1, -0.05) is 0 Å². The molecule has 0 radical (unpaired) electrons. The fourth-order valence-electron chi connectivity index (χ4n) is 7.98. The summed E-state index contributed by atoms with van der Waals surface area (Å²) in [5, 5.41) is 7.33. The van der Waals surface area contributed by atoms with Crippen LogP contribution in [0.3, 0.4) is 0 Å².